The number of hydrogen-bond donors (Lipinski definition) is 2. The molecule has 0 atom stereocenters. The van der Waals surface area contributed by atoms with Crippen LogP contribution in [-0.4, -0.2) is 19.9 Å². The van der Waals surface area contributed by atoms with E-state index in [1.165, 1.54) is 4.68 Å². The third-order valence-electron chi connectivity index (χ3n) is 3.46. The highest BCUT2D eigenvalue weighted by atomic mass is 32.1. The molecule has 5 nitrogen and oxygen atoms in total. The number of rotatable bonds is 1. The molecule has 2 N–H and O–H groups in total. The monoisotopic (exact) mass is 297 g/mol. The van der Waals surface area contributed by atoms with Crippen LogP contribution in [-0.2, 0) is 0 Å². The van der Waals surface area contributed by atoms with Crippen LogP contribution in [0.2, 0.25) is 0 Å². The van der Waals surface area contributed by atoms with E-state index >= 15 is 0 Å². The second-order valence-electron chi connectivity index (χ2n) is 4.88. The first-order valence-electron chi connectivity index (χ1n) is 6.43. The van der Waals surface area contributed by atoms with Crippen molar-refractivity contribution in [2.24, 2.45) is 0 Å². The van der Waals surface area contributed by atoms with Gasteiger partial charge in [-0.3, -0.25) is 14.9 Å². The molecule has 3 aromatic heterocycles. The molecular formula is C15H11N3O2S. The number of aromatic hydroxyl groups is 1. The average Bonchev–Trinajstić information content (AvgIpc) is 3.03. The highest BCUT2D eigenvalue weighted by molar-refractivity contribution is 7.14. The number of H-pyrrole nitrogens is 1. The molecule has 0 radical (unpaired) electrons. The Morgan fingerprint density at radius 2 is 2.10 bits per heavy atom. The number of hydrogen-bond acceptors (Lipinski definition) is 4. The van der Waals surface area contributed by atoms with Crippen molar-refractivity contribution in [3.8, 4) is 10.8 Å². The van der Waals surface area contributed by atoms with Gasteiger partial charge in [-0.25, -0.2) is 4.68 Å². The molecule has 0 fully saturated rings. The molecule has 0 amide bonds. The Morgan fingerprint density at radius 3 is 2.86 bits per heavy atom. The highest BCUT2D eigenvalue weighted by Crippen LogP contribution is 2.25. The minimum absolute atomic E-state index is 0.135. The van der Waals surface area contributed by atoms with Crippen molar-refractivity contribution in [1.82, 2.24) is 14.8 Å². The molecule has 4 rings (SSSR count). The summed E-state index contributed by atoms with van der Waals surface area (Å²) >= 11 is 1.54. The summed E-state index contributed by atoms with van der Waals surface area (Å²) in [4.78, 5) is 17.9. The van der Waals surface area contributed by atoms with Crippen molar-refractivity contribution in [3.05, 3.63) is 51.8 Å². The minimum Gasteiger partial charge on any atom is -0.508 e. The lowest BCUT2D eigenvalue weighted by molar-refractivity contribution is 0.476. The molecule has 0 aliphatic heterocycles. The summed E-state index contributed by atoms with van der Waals surface area (Å²) in [6.45, 7) is 2.00. The summed E-state index contributed by atoms with van der Waals surface area (Å²) in [5.74, 6) is 0.150. The molecule has 104 valence electrons. The molecule has 0 aliphatic rings. The van der Waals surface area contributed by atoms with Crippen LogP contribution in [0.15, 0.2) is 41.3 Å². The van der Waals surface area contributed by atoms with E-state index in [9.17, 15) is 9.90 Å². The van der Waals surface area contributed by atoms with Gasteiger partial charge in [0.05, 0.1) is 16.4 Å². The van der Waals surface area contributed by atoms with E-state index in [0.717, 1.165) is 20.8 Å². The number of nitrogens with zero attached hydrogens (tertiary/aromatic N) is 2. The van der Waals surface area contributed by atoms with Crippen molar-refractivity contribution < 1.29 is 5.11 Å². The lowest BCUT2D eigenvalue weighted by atomic mass is 10.1. The molecule has 0 spiro atoms. The lowest BCUT2D eigenvalue weighted by Crippen LogP contribution is -2.12. The van der Waals surface area contributed by atoms with E-state index in [2.05, 4.69) is 10.1 Å². The average molecular weight is 297 g/mol. The number of benzene rings is 1. The fourth-order valence-electron chi connectivity index (χ4n) is 2.44. The highest BCUT2D eigenvalue weighted by Gasteiger charge is 2.13. The first-order valence-corrected chi connectivity index (χ1v) is 7.24. The maximum absolute atomic E-state index is 12.5. The molecule has 0 saturated heterocycles. The van der Waals surface area contributed by atoms with Crippen molar-refractivity contribution in [2.75, 3.05) is 0 Å². The summed E-state index contributed by atoms with van der Waals surface area (Å²) in [5, 5.41) is 14.9. The Labute approximate surface area is 123 Å². The van der Waals surface area contributed by atoms with E-state index in [4.69, 9.17) is 0 Å². The Kier molecular flexibility index (Phi) is 2.43. The predicted octanol–water partition coefficient (Wildman–Crippen LogP) is 2.94. The normalized spacial score (nSPS) is 11.5. The van der Waals surface area contributed by atoms with E-state index < -0.39 is 0 Å². The van der Waals surface area contributed by atoms with Crippen LogP contribution in [0, 0.1) is 6.92 Å². The Balaban J connectivity index is 2.12. The number of fused-ring (bicyclic) bond motifs is 3. The van der Waals surface area contributed by atoms with Crippen molar-refractivity contribution >= 4 is 33.1 Å². The van der Waals surface area contributed by atoms with Crippen LogP contribution in [0.3, 0.4) is 0 Å². The second kappa shape index (κ2) is 4.20. The molecule has 6 heteroatoms. The zero-order valence-electron chi connectivity index (χ0n) is 11.1. The third-order valence-corrected chi connectivity index (χ3v) is 4.44. The Hall–Kier alpha value is -2.60. The van der Waals surface area contributed by atoms with Crippen molar-refractivity contribution in [2.45, 2.75) is 6.92 Å². The maximum Gasteiger partial charge on any atom is 0.281 e. The molecule has 0 saturated carbocycles. The number of aromatic nitrogens is 3. The number of thiophene rings is 1. The van der Waals surface area contributed by atoms with E-state index in [-0.39, 0.29) is 11.3 Å². The predicted molar refractivity (Wildman–Crippen MR) is 83.5 cm³/mol. The van der Waals surface area contributed by atoms with Gasteiger partial charge in [-0.15, -0.1) is 11.3 Å². The van der Waals surface area contributed by atoms with Crippen molar-refractivity contribution in [1.29, 1.82) is 0 Å². The number of aromatic amines is 1. The summed E-state index contributed by atoms with van der Waals surface area (Å²) in [6, 6.07) is 8.81. The van der Waals surface area contributed by atoms with E-state index in [0.29, 0.717) is 10.9 Å². The largest absolute Gasteiger partial charge is 0.508 e. The molecule has 1 aromatic carbocycles. The number of aryl methyl sites for hydroxylation is 1. The van der Waals surface area contributed by atoms with Crippen LogP contribution in [0.5, 0.6) is 5.75 Å². The number of pyridine rings is 1. The minimum atomic E-state index is -0.135. The van der Waals surface area contributed by atoms with Gasteiger partial charge in [-0.05, 0) is 37.3 Å². The summed E-state index contributed by atoms with van der Waals surface area (Å²) < 4.78 is 1.52. The lowest BCUT2D eigenvalue weighted by Gasteiger charge is -1.99. The molecule has 0 bridgehead atoms. The van der Waals surface area contributed by atoms with Gasteiger partial charge in [0.25, 0.3) is 5.56 Å². The van der Waals surface area contributed by atoms with Crippen LogP contribution in [0.4, 0.5) is 0 Å². The number of phenolic OH excluding ortho intramolecular Hbond substituents is 1. The first-order chi connectivity index (χ1) is 10.1. The Morgan fingerprint density at radius 1 is 1.24 bits per heavy atom. The van der Waals surface area contributed by atoms with Gasteiger partial charge in [-0.2, -0.15) is 0 Å². The van der Waals surface area contributed by atoms with Gasteiger partial charge < -0.3 is 5.11 Å². The van der Waals surface area contributed by atoms with Crippen LogP contribution >= 0.6 is 11.3 Å². The summed E-state index contributed by atoms with van der Waals surface area (Å²) in [5.41, 5.74) is 1.28. The standard InChI is InChI=1S/C15H11N3O2S/c1-8-2-5-13(21-8)18-15(20)11-7-16-12-4-3-9(19)6-10(12)14(11)17-18/h2-7,17,19H,1H3. The van der Waals surface area contributed by atoms with Gasteiger partial charge in [0.15, 0.2) is 0 Å². The number of nitrogens with one attached hydrogen (secondary N) is 1. The molecule has 4 aromatic rings. The fraction of sp³-hybridized carbons (Fsp3) is 0.0667. The number of phenols is 1. The fourth-order valence-corrected chi connectivity index (χ4v) is 3.27. The van der Waals surface area contributed by atoms with Crippen LogP contribution < -0.4 is 5.56 Å². The van der Waals surface area contributed by atoms with Crippen LogP contribution in [0.1, 0.15) is 4.88 Å². The zero-order valence-corrected chi connectivity index (χ0v) is 11.9. The van der Waals surface area contributed by atoms with Gasteiger partial charge in [-0.1, -0.05) is 0 Å². The smallest absolute Gasteiger partial charge is 0.281 e. The maximum atomic E-state index is 12.5. The van der Waals surface area contributed by atoms with E-state index in [1.54, 1.807) is 35.7 Å². The molecular weight excluding hydrogens is 286 g/mol. The summed E-state index contributed by atoms with van der Waals surface area (Å²) in [6.07, 6.45) is 1.57. The third kappa shape index (κ3) is 1.76. The first kappa shape index (κ1) is 12.2. The SMILES string of the molecule is Cc1ccc(-n2[nH]c3c(cnc4ccc(O)cc43)c2=O)s1. The topological polar surface area (TPSA) is 70.9 Å². The van der Waals surface area contributed by atoms with E-state index in [1.807, 2.05) is 19.1 Å². The zero-order chi connectivity index (χ0) is 14.6. The quantitative estimate of drug-likeness (QED) is 0.567. The molecule has 3 heterocycles. The van der Waals surface area contributed by atoms with Crippen molar-refractivity contribution in [3.63, 3.8) is 0 Å². The summed E-state index contributed by atoms with van der Waals surface area (Å²) in [7, 11) is 0. The van der Waals surface area contributed by atoms with Gasteiger partial charge >= 0.3 is 0 Å². The van der Waals surface area contributed by atoms with Gasteiger partial charge in [0.1, 0.15) is 10.8 Å². The molecule has 21 heavy (non-hydrogen) atoms. The molecule has 0 aliphatic carbocycles. The van der Waals surface area contributed by atoms with Gasteiger partial charge in [0.2, 0.25) is 0 Å². The Bertz CT molecular complexity index is 1040. The molecule has 0 unspecified atom stereocenters. The van der Waals surface area contributed by atoms with Gasteiger partial charge in [0, 0.05) is 16.5 Å². The van der Waals surface area contributed by atoms with Crippen LogP contribution in [0.25, 0.3) is 26.8 Å². The second-order valence-corrected chi connectivity index (χ2v) is 6.15.